The molecule has 0 radical (unpaired) electrons. The van der Waals surface area contributed by atoms with Crippen molar-refractivity contribution in [2.24, 2.45) is 7.05 Å². The van der Waals surface area contributed by atoms with Gasteiger partial charge in [-0.05, 0) is 62.1 Å². The molecule has 0 atom stereocenters. The first-order valence-corrected chi connectivity index (χ1v) is 7.67. The largest absolute Gasteiger partial charge is 0.351 e. The van der Waals surface area contributed by atoms with Crippen LogP contribution in [0.2, 0.25) is 0 Å². The van der Waals surface area contributed by atoms with Gasteiger partial charge in [0.25, 0.3) is 0 Å². The van der Waals surface area contributed by atoms with Crippen molar-refractivity contribution in [3.8, 4) is 0 Å². The average Bonchev–Trinajstić information content (AvgIpc) is 3.07. The fraction of sp³-hybridized carbons (Fsp3) is 0.529. The van der Waals surface area contributed by atoms with Gasteiger partial charge in [-0.3, -0.25) is 0 Å². The fourth-order valence-electron chi connectivity index (χ4n) is 3.14. The Morgan fingerprint density at radius 2 is 1.95 bits per heavy atom. The SMILES string of the molecule is CN(CCN1CCCC1)Cc1ccc2c(ccn2C)c1. The van der Waals surface area contributed by atoms with E-state index >= 15 is 0 Å². The molecule has 3 rings (SSSR count). The second-order valence-corrected chi connectivity index (χ2v) is 6.11. The third-order valence-corrected chi connectivity index (χ3v) is 4.40. The van der Waals surface area contributed by atoms with Crippen LogP contribution in [0.3, 0.4) is 0 Å². The monoisotopic (exact) mass is 271 g/mol. The summed E-state index contributed by atoms with van der Waals surface area (Å²) in [6, 6.07) is 9.01. The molecule has 2 heterocycles. The van der Waals surface area contributed by atoms with Gasteiger partial charge in [0.15, 0.2) is 0 Å². The highest BCUT2D eigenvalue weighted by Crippen LogP contribution is 2.17. The normalized spacial score (nSPS) is 16.6. The summed E-state index contributed by atoms with van der Waals surface area (Å²) in [5.74, 6) is 0. The topological polar surface area (TPSA) is 11.4 Å². The van der Waals surface area contributed by atoms with Gasteiger partial charge in [-0.25, -0.2) is 0 Å². The molecule has 3 nitrogen and oxygen atoms in total. The molecular weight excluding hydrogens is 246 g/mol. The van der Waals surface area contributed by atoms with Gasteiger partial charge in [0, 0.05) is 38.4 Å². The van der Waals surface area contributed by atoms with Crippen LogP contribution in [0.25, 0.3) is 10.9 Å². The maximum atomic E-state index is 2.58. The molecule has 0 bridgehead atoms. The standard InChI is InChI=1S/C17H25N3/c1-18(11-12-20-8-3-4-9-20)14-15-5-6-17-16(13-15)7-10-19(17)2/h5-7,10,13H,3-4,8-9,11-12,14H2,1-2H3. The molecule has 1 aromatic carbocycles. The fourth-order valence-corrected chi connectivity index (χ4v) is 3.14. The third kappa shape index (κ3) is 3.05. The Bertz CT molecular complexity index is 567. The predicted octanol–water partition coefficient (Wildman–Crippen LogP) is 2.71. The van der Waals surface area contributed by atoms with Crippen molar-refractivity contribution in [1.82, 2.24) is 14.4 Å². The number of hydrogen-bond donors (Lipinski definition) is 0. The van der Waals surface area contributed by atoms with E-state index in [0.717, 1.165) is 13.1 Å². The van der Waals surface area contributed by atoms with E-state index in [1.165, 1.54) is 48.9 Å². The number of likely N-dealkylation sites (tertiary alicyclic amines) is 1. The molecule has 0 spiro atoms. The molecule has 1 aliphatic heterocycles. The zero-order valence-corrected chi connectivity index (χ0v) is 12.7. The highest BCUT2D eigenvalue weighted by atomic mass is 15.2. The second kappa shape index (κ2) is 5.98. The number of benzene rings is 1. The first kappa shape index (κ1) is 13.7. The summed E-state index contributed by atoms with van der Waals surface area (Å²) in [5, 5.41) is 1.35. The minimum Gasteiger partial charge on any atom is -0.351 e. The number of aromatic nitrogens is 1. The molecule has 1 saturated heterocycles. The Kier molecular flexibility index (Phi) is 4.08. The minimum absolute atomic E-state index is 1.04. The number of rotatable bonds is 5. The average molecular weight is 271 g/mol. The van der Waals surface area contributed by atoms with Crippen LogP contribution in [-0.2, 0) is 13.6 Å². The van der Waals surface area contributed by atoms with Crippen molar-refractivity contribution >= 4 is 10.9 Å². The van der Waals surface area contributed by atoms with E-state index in [1.54, 1.807) is 0 Å². The molecule has 108 valence electrons. The Balaban J connectivity index is 1.57. The van der Waals surface area contributed by atoms with Gasteiger partial charge in [0.2, 0.25) is 0 Å². The van der Waals surface area contributed by atoms with Crippen molar-refractivity contribution < 1.29 is 0 Å². The van der Waals surface area contributed by atoms with Crippen LogP contribution in [0, 0.1) is 0 Å². The lowest BCUT2D eigenvalue weighted by Crippen LogP contribution is -2.31. The molecule has 0 N–H and O–H groups in total. The maximum Gasteiger partial charge on any atom is 0.0477 e. The van der Waals surface area contributed by atoms with E-state index in [9.17, 15) is 0 Å². The molecule has 0 unspecified atom stereocenters. The maximum absolute atomic E-state index is 2.58. The summed E-state index contributed by atoms with van der Waals surface area (Å²) in [4.78, 5) is 5.01. The Labute approximate surface area is 121 Å². The lowest BCUT2D eigenvalue weighted by Gasteiger charge is -2.21. The van der Waals surface area contributed by atoms with Gasteiger partial charge in [0.1, 0.15) is 0 Å². The van der Waals surface area contributed by atoms with Crippen molar-refractivity contribution in [3.63, 3.8) is 0 Å². The van der Waals surface area contributed by atoms with Gasteiger partial charge in [-0.2, -0.15) is 0 Å². The number of likely N-dealkylation sites (N-methyl/N-ethyl adjacent to an activating group) is 1. The van der Waals surface area contributed by atoms with Crippen LogP contribution < -0.4 is 0 Å². The Morgan fingerprint density at radius 1 is 1.15 bits per heavy atom. The molecule has 3 heteroatoms. The quantitative estimate of drug-likeness (QED) is 0.828. The lowest BCUT2D eigenvalue weighted by molar-refractivity contribution is 0.252. The summed E-state index contributed by atoms with van der Waals surface area (Å²) in [6.45, 7) is 6.00. The minimum atomic E-state index is 1.04. The summed E-state index contributed by atoms with van der Waals surface area (Å²) in [6.07, 6.45) is 4.90. The summed E-state index contributed by atoms with van der Waals surface area (Å²) in [7, 11) is 4.33. The highest BCUT2D eigenvalue weighted by Gasteiger charge is 2.11. The van der Waals surface area contributed by atoms with E-state index in [2.05, 4.69) is 58.9 Å². The van der Waals surface area contributed by atoms with E-state index in [4.69, 9.17) is 0 Å². The molecule has 0 saturated carbocycles. The third-order valence-electron chi connectivity index (χ3n) is 4.40. The summed E-state index contributed by atoms with van der Waals surface area (Å²) < 4.78 is 2.18. The second-order valence-electron chi connectivity index (χ2n) is 6.11. The molecule has 1 fully saturated rings. The Morgan fingerprint density at radius 3 is 2.75 bits per heavy atom. The van der Waals surface area contributed by atoms with Gasteiger partial charge in [-0.1, -0.05) is 6.07 Å². The molecule has 1 aliphatic rings. The summed E-state index contributed by atoms with van der Waals surface area (Å²) >= 11 is 0. The van der Waals surface area contributed by atoms with Gasteiger partial charge in [-0.15, -0.1) is 0 Å². The van der Waals surface area contributed by atoms with Crippen LogP contribution in [0.5, 0.6) is 0 Å². The number of nitrogens with zero attached hydrogens (tertiary/aromatic N) is 3. The number of fused-ring (bicyclic) bond motifs is 1. The summed E-state index contributed by atoms with van der Waals surface area (Å²) in [5.41, 5.74) is 2.72. The van der Waals surface area contributed by atoms with Crippen molar-refractivity contribution in [1.29, 1.82) is 0 Å². The number of hydrogen-bond acceptors (Lipinski definition) is 2. The van der Waals surface area contributed by atoms with Crippen molar-refractivity contribution in [2.45, 2.75) is 19.4 Å². The van der Waals surface area contributed by atoms with Crippen LogP contribution in [0.4, 0.5) is 0 Å². The molecule has 0 amide bonds. The van der Waals surface area contributed by atoms with E-state index in [1.807, 2.05) is 0 Å². The molecular formula is C17H25N3. The molecule has 2 aromatic rings. The van der Waals surface area contributed by atoms with Crippen LogP contribution in [0.15, 0.2) is 30.5 Å². The highest BCUT2D eigenvalue weighted by molar-refractivity contribution is 5.80. The smallest absolute Gasteiger partial charge is 0.0477 e. The molecule has 0 aliphatic carbocycles. The first-order valence-electron chi connectivity index (χ1n) is 7.67. The van der Waals surface area contributed by atoms with Gasteiger partial charge < -0.3 is 14.4 Å². The van der Waals surface area contributed by atoms with Gasteiger partial charge in [0.05, 0.1) is 0 Å². The number of aryl methyl sites for hydroxylation is 1. The molecule has 1 aromatic heterocycles. The van der Waals surface area contributed by atoms with Crippen LogP contribution in [0.1, 0.15) is 18.4 Å². The van der Waals surface area contributed by atoms with Crippen molar-refractivity contribution in [2.75, 3.05) is 33.2 Å². The lowest BCUT2D eigenvalue weighted by atomic mass is 10.1. The predicted molar refractivity (Wildman–Crippen MR) is 84.9 cm³/mol. The van der Waals surface area contributed by atoms with Crippen LogP contribution in [-0.4, -0.2) is 47.6 Å². The first-order chi connectivity index (χ1) is 9.72. The molecule has 20 heavy (non-hydrogen) atoms. The Hall–Kier alpha value is -1.32. The van der Waals surface area contributed by atoms with E-state index < -0.39 is 0 Å². The van der Waals surface area contributed by atoms with Crippen LogP contribution >= 0.6 is 0 Å². The van der Waals surface area contributed by atoms with E-state index in [-0.39, 0.29) is 0 Å². The van der Waals surface area contributed by atoms with Crippen molar-refractivity contribution in [3.05, 3.63) is 36.0 Å². The zero-order chi connectivity index (χ0) is 13.9. The zero-order valence-electron chi connectivity index (χ0n) is 12.7. The van der Waals surface area contributed by atoms with Gasteiger partial charge >= 0.3 is 0 Å². The van der Waals surface area contributed by atoms with E-state index in [0.29, 0.717) is 0 Å².